The molecule has 8 heteroatoms. The van der Waals surface area contributed by atoms with Crippen LogP contribution in [0.1, 0.15) is 23.6 Å². The van der Waals surface area contributed by atoms with E-state index in [1.807, 2.05) is 31.1 Å². The van der Waals surface area contributed by atoms with Crippen LogP contribution < -0.4 is 14.2 Å². The summed E-state index contributed by atoms with van der Waals surface area (Å²) in [7, 11) is 5.48. The van der Waals surface area contributed by atoms with Crippen LogP contribution >= 0.6 is 0 Å². The van der Waals surface area contributed by atoms with Crippen molar-refractivity contribution in [3.8, 4) is 17.2 Å². The minimum Gasteiger partial charge on any atom is -0.507 e. The van der Waals surface area contributed by atoms with E-state index in [0.717, 1.165) is 12.1 Å². The van der Waals surface area contributed by atoms with Gasteiger partial charge in [-0.15, -0.1) is 0 Å². The van der Waals surface area contributed by atoms with Crippen LogP contribution in [0.3, 0.4) is 0 Å². The van der Waals surface area contributed by atoms with Gasteiger partial charge in [-0.1, -0.05) is 12.1 Å². The second kappa shape index (κ2) is 9.54. The van der Waals surface area contributed by atoms with Crippen LogP contribution in [0.25, 0.3) is 5.76 Å². The minimum absolute atomic E-state index is 0.0618. The van der Waals surface area contributed by atoms with E-state index in [-0.39, 0.29) is 11.3 Å². The lowest BCUT2D eigenvalue weighted by atomic mass is 9.95. The molecule has 1 saturated heterocycles. The highest BCUT2D eigenvalue weighted by Gasteiger charge is 2.45. The number of nitrogens with zero attached hydrogens (tertiary/aromatic N) is 2. The lowest BCUT2D eigenvalue weighted by molar-refractivity contribution is -0.139. The Morgan fingerprint density at radius 2 is 1.79 bits per heavy atom. The van der Waals surface area contributed by atoms with E-state index in [1.54, 1.807) is 37.4 Å². The number of hydrogen-bond acceptors (Lipinski definition) is 7. The summed E-state index contributed by atoms with van der Waals surface area (Å²) in [5.74, 6) is 0.179. The van der Waals surface area contributed by atoms with Crippen molar-refractivity contribution < 1.29 is 28.9 Å². The van der Waals surface area contributed by atoms with E-state index in [0.29, 0.717) is 49.0 Å². The molecule has 0 radical (unpaired) electrons. The number of methoxy groups -OCH3 is 1. The Labute approximate surface area is 193 Å². The van der Waals surface area contributed by atoms with Gasteiger partial charge >= 0.3 is 0 Å². The maximum atomic E-state index is 13.1. The molecule has 1 fully saturated rings. The van der Waals surface area contributed by atoms with Crippen molar-refractivity contribution in [1.82, 2.24) is 9.80 Å². The molecule has 1 atom stereocenters. The Morgan fingerprint density at radius 1 is 1.09 bits per heavy atom. The van der Waals surface area contributed by atoms with Crippen LogP contribution in [0.5, 0.6) is 17.2 Å². The quantitative estimate of drug-likeness (QED) is 0.393. The van der Waals surface area contributed by atoms with E-state index in [2.05, 4.69) is 0 Å². The molecule has 0 bridgehead atoms. The molecular weight excluding hydrogens is 424 g/mol. The van der Waals surface area contributed by atoms with E-state index in [4.69, 9.17) is 14.2 Å². The number of hydrogen-bond donors (Lipinski definition) is 1. The van der Waals surface area contributed by atoms with Gasteiger partial charge in [0.15, 0.2) is 11.5 Å². The molecule has 174 valence electrons. The molecule has 2 aromatic rings. The summed E-state index contributed by atoms with van der Waals surface area (Å²) in [5.41, 5.74) is 1.18. The van der Waals surface area contributed by atoms with E-state index < -0.39 is 17.7 Å². The number of aliphatic hydroxyl groups is 1. The predicted octanol–water partition coefficient (Wildman–Crippen LogP) is 2.84. The standard InChI is InChI=1S/C25H28N2O6/c1-26(2)11-4-12-27-22(16-5-8-18(31-3)9-6-16)21(24(29)25(27)30)23(28)17-7-10-19-20(15-17)33-14-13-32-19/h5-10,15,22,28H,4,11-14H2,1-3H3/b23-21+/t22-/m1/s1. The molecule has 0 spiro atoms. The third kappa shape index (κ3) is 4.52. The van der Waals surface area contributed by atoms with Gasteiger partial charge in [-0.25, -0.2) is 0 Å². The number of rotatable bonds is 7. The lowest BCUT2D eigenvalue weighted by Gasteiger charge is -2.26. The molecule has 2 aliphatic heterocycles. The summed E-state index contributed by atoms with van der Waals surface area (Å²) >= 11 is 0. The zero-order valence-corrected chi connectivity index (χ0v) is 19.0. The predicted molar refractivity (Wildman–Crippen MR) is 123 cm³/mol. The second-order valence-corrected chi connectivity index (χ2v) is 8.28. The summed E-state index contributed by atoms with van der Waals surface area (Å²) in [6, 6.07) is 11.5. The van der Waals surface area contributed by atoms with Crippen molar-refractivity contribution >= 4 is 17.4 Å². The van der Waals surface area contributed by atoms with Crippen LogP contribution in [0, 0.1) is 0 Å². The third-order valence-electron chi connectivity index (χ3n) is 5.79. The van der Waals surface area contributed by atoms with Gasteiger partial charge in [0.2, 0.25) is 0 Å². The highest BCUT2D eigenvalue weighted by atomic mass is 16.6. The average molecular weight is 453 g/mol. The Balaban J connectivity index is 1.77. The van der Waals surface area contributed by atoms with Crippen molar-refractivity contribution in [1.29, 1.82) is 0 Å². The van der Waals surface area contributed by atoms with Crippen molar-refractivity contribution in [2.45, 2.75) is 12.5 Å². The molecule has 8 nitrogen and oxygen atoms in total. The maximum Gasteiger partial charge on any atom is 0.295 e. The number of carbonyl (C=O) groups is 2. The zero-order valence-electron chi connectivity index (χ0n) is 19.0. The Kier molecular flexibility index (Phi) is 6.55. The number of ether oxygens (including phenoxy) is 3. The van der Waals surface area contributed by atoms with Gasteiger partial charge in [0.1, 0.15) is 24.7 Å². The largest absolute Gasteiger partial charge is 0.507 e. The first-order valence-corrected chi connectivity index (χ1v) is 10.9. The van der Waals surface area contributed by atoms with Crippen molar-refractivity contribution in [3.63, 3.8) is 0 Å². The first-order chi connectivity index (χ1) is 15.9. The van der Waals surface area contributed by atoms with Gasteiger partial charge < -0.3 is 29.1 Å². The molecule has 0 unspecified atom stereocenters. The minimum atomic E-state index is -0.703. The molecule has 2 aromatic carbocycles. The fourth-order valence-corrected chi connectivity index (χ4v) is 4.15. The number of ketones is 1. The first kappa shape index (κ1) is 22.7. The molecule has 0 saturated carbocycles. The van der Waals surface area contributed by atoms with Crippen molar-refractivity contribution in [3.05, 3.63) is 59.2 Å². The van der Waals surface area contributed by atoms with Crippen LogP contribution in [0.4, 0.5) is 0 Å². The molecule has 0 aromatic heterocycles. The van der Waals surface area contributed by atoms with E-state index in [9.17, 15) is 14.7 Å². The van der Waals surface area contributed by atoms with E-state index in [1.165, 1.54) is 4.90 Å². The molecule has 2 heterocycles. The number of Topliss-reactive ketones (excluding diaryl/α,β-unsaturated/α-hetero) is 1. The smallest absolute Gasteiger partial charge is 0.295 e. The summed E-state index contributed by atoms with van der Waals surface area (Å²) in [6.07, 6.45) is 0.691. The monoisotopic (exact) mass is 452 g/mol. The first-order valence-electron chi connectivity index (χ1n) is 10.9. The summed E-state index contributed by atoms with van der Waals surface area (Å²) in [6.45, 7) is 2.01. The van der Waals surface area contributed by atoms with Crippen LogP contribution in [0.2, 0.25) is 0 Å². The molecule has 33 heavy (non-hydrogen) atoms. The number of aliphatic hydroxyl groups excluding tert-OH is 1. The normalized spacial score (nSPS) is 19.3. The molecule has 1 N–H and O–H groups in total. The van der Waals surface area contributed by atoms with Crippen molar-refractivity contribution in [2.75, 3.05) is 47.5 Å². The average Bonchev–Trinajstić information content (AvgIpc) is 3.08. The number of fused-ring (bicyclic) bond motifs is 1. The highest BCUT2D eigenvalue weighted by molar-refractivity contribution is 6.46. The molecule has 1 amide bonds. The SMILES string of the molecule is COc1ccc([C@@H]2/C(=C(\O)c3ccc4c(c3)OCCO4)C(=O)C(=O)N2CCCN(C)C)cc1. The highest BCUT2D eigenvalue weighted by Crippen LogP contribution is 2.41. The number of likely N-dealkylation sites (tertiary alicyclic amines) is 1. The number of benzene rings is 2. The maximum absolute atomic E-state index is 13.1. The van der Waals surface area contributed by atoms with Crippen LogP contribution in [-0.2, 0) is 9.59 Å². The summed E-state index contributed by atoms with van der Waals surface area (Å²) < 4.78 is 16.4. The van der Waals surface area contributed by atoms with Gasteiger partial charge in [0.25, 0.3) is 11.7 Å². The van der Waals surface area contributed by atoms with E-state index >= 15 is 0 Å². The number of amides is 1. The fourth-order valence-electron chi connectivity index (χ4n) is 4.15. The van der Waals surface area contributed by atoms with Gasteiger partial charge in [-0.3, -0.25) is 9.59 Å². The summed E-state index contributed by atoms with van der Waals surface area (Å²) in [4.78, 5) is 29.7. The summed E-state index contributed by atoms with van der Waals surface area (Å²) in [5, 5.41) is 11.2. The topological polar surface area (TPSA) is 88.5 Å². The zero-order chi connectivity index (χ0) is 23.5. The Hall–Kier alpha value is -3.52. The molecule has 4 rings (SSSR count). The van der Waals surface area contributed by atoms with Gasteiger partial charge in [0, 0.05) is 12.1 Å². The molecular formula is C25H28N2O6. The van der Waals surface area contributed by atoms with Gasteiger partial charge in [-0.2, -0.15) is 0 Å². The van der Waals surface area contributed by atoms with Gasteiger partial charge in [0.05, 0.1) is 18.7 Å². The van der Waals surface area contributed by atoms with Gasteiger partial charge in [-0.05, 0) is 63.0 Å². The van der Waals surface area contributed by atoms with Crippen LogP contribution in [-0.4, -0.2) is 74.1 Å². The van der Waals surface area contributed by atoms with Crippen LogP contribution in [0.15, 0.2) is 48.0 Å². The third-order valence-corrected chi connectivity index (χ3v) is 5.79. The Morgan fingerprint density at radius 3 is 2.45 bits per heavy atom. The number of carbonyl (C=O) groups excluding carboxylic acids is 2. The second-order valence-electron chi connectivity index (χ2n) is 8.28. The molecule has 2 aliphatic rings. The lowest BCUT2D eigenvalue weighted by Crippen LogP contribution is -2.32. The molecule has 0 aliphatic carbocycles. The van der Waals surface area contributed by atoms with Crippen molar-refractivity contribution in [2.24, 2.45) is 0 Å². The fraction of sp³-hybridized carbons (Fsp3) is 0.360. The Bertz CT molecular complexity index is 1080.